The van der Waals surface area contributed by atoms with E-state index in [9.17, 15) is 15.0 Å². The van der Waals surface area contributed by atoms with Gasteiger partial charge in [0.25, 0.3) is 0 Å². The standard InChI is InChI=1S/C21H25NO4/c1-13-14(2)21(26)19(15(3)20(13)25)17(16-8-7-11-22-12-16)9-5-4-6-10-18(23)24/h7-9,11-12,25-26H,4-6,10H2,1-3H3,(H,23,24)/b17-9+. The summed E-state index contributed by atoms with van der Waals surface area (Å²) in [6.07, 6.45) is 7.51. The van der Waals surface area contributed by atoms with Crippen LogP contribution >= 0.6 is 0 Å². The third-order valence-corrected chi connectivity index (χ3v) is 4.68. The van der Waals surface area contributed by atoms with Crippen molar-refractivity contribution in [2.24, 2.45) is 0 Å². The van der Waals surface area contributed by atoms with Crippen molar-refractivity contribution in [3.05, 3.63) is 58.4 Å². The largest absolute Gasteiger partial charge is 0.507 e. The number of aromatic nitrogens is 1. The van der Waals surface area contributed by atoms with Gasteiger partial charge in [0.05, 0.1) is 0 Å². The number of rotatable bonds is 7. The van der Waals surface area contributed by atoms with E-state index in [2.05, 4.69) is 4.98 Å². The Bertz CT molecular complexity index is 797. The van der Waals surface area contributed by atoms with Crippen LogP contribution in [0.1, 0.15) is 53.5 Å². The molecule has 0 aliphatic rings. The highest BCUT2D eigenvalue weighted by molar-refractivity contribution is 5.86. The summed E-state index contributed by atoms with van der Waals surface area (Å²) in [6, 6.07) is 3.72. The number of nitrogens with zero attached hydrogens (tertiary/aromatic N) is 1. The second-order valence-electron chi connectivity index (χ2n) is 6.45. The number of allylic oxidation sites excluding steroid dienone is 1. The van der Waals surface area contributed by atoms with Gasteiger partial charge in [0.2, 0.25) is 0 Å². The molecule has 0 amide bonds. The summed E-state index contributed by atoms with van der Waals surface area (Å²) in [4.78, 5) is 14.8. The first-order chi connectivity index (χ1) is 12.3. The fourth-order valence-electron chi connectivity index (χ4n) is 3.00. The summed E-state index contributed by atoms with van der Waals surface area (Å²) >= 11 is 0. The average Bonchev–Trinajstić information content (AvgIpc) is 2.63. The Balaban J connectivity index is 2.48. The lowest BCUT2D eigenvalue weighted by molar-refractivity contribution is -0.137. The maximum atomic E-state index is 10.7. The molecule has 0 aliphatic carbocycles. The second kappa shape index (κ2) is 8.52. The van der Waals surface area contributed by atoms with E-state index < -0.39 is 5.97 Å². The van der Waals surface area contributed by atoms with Gasteiger partial charge in [-0.3, -0.25) is 9.78 Å². The zero-order valence-electron chi connectivity index (χ0n) is 15.4. The Kier molecular flexibility index (Phi) is 6.39. The summed E-state index contributed by atoms with van der Waals surface area (Å²) < 4.78 is 0. The van der Waals surface area contributed by atoms with Crippen LogP contribution in [-0.4, -0.2) is 26.3 Å². The molecule has 0 saturated carbocycles. The van der Waals surface area contributed by atoms with Crippen LogP contribution in [0.25, 0.3) is 5.57 Å². The molecule has 0 unspecified atom stereocenters. The number of carboxylic acid groups (broad SMARTS) is 1. The summed E-state index contributed by atoms with van der Waals surface area (Å²) in [6.45, 7) is 5.34. The van der Waals surface area contributed by atoms with E-state index in [0.29, 0.717) is 35.1 Å². The minimum atomic E-state index is -0.797. The van der Waals surface area contributed by atoms with Crippen molar-refractivity contribution in [2.45, 2.75) is 46.5 Å². The molecule has 1 aromatic carbocycles. The summed E-state index contributed by atoms with van der Waals surface area (Å²) in [5.74, 6) is -0.469. The molecule has 3 N–H and O–H groups in total. The van der Waals surface area contributed by atoms with Crippen LogP contribution in [0.15, 0.2) is 30.6 Å². The molecule has 5 heteroatoms. The molecule has 0 saturated heterocycles. The fourth-order valence-corrected chi connectivity index (χ4v) is 3.00. The van der Waals surface area contributed by atoms with Crippen molar-refractivity contribution in [1.29, 1.82) is 0 Å². The van der Waals surface area contributed by atoms with Crippen molar-refractivity contribution in [1.82, 2.24) is 4.98 Å². The highest BCUT2D eigenvalue weighted by Gasteiger charge is 2.20. The molecule has 0 bridgehead atoms. The summed E-state index contributed by atoms with van der Waals surface area (Å²) in [7, 11) is 0. The van der Waals surface area contributed by atoms with Crippen molar-refractivity contribution in [3.63, 3.8) is 0 Å². The molecular weight excluding hydrogens is 330 g/mol. The van der Waals surface area contributed by atoms with E-state index >= 15 is 0 Å². The number of aromatic hydroxyl groups is 2. The Hall–Kier alpha value is -2.82. The molecule has 138 valence electrons. The number of aliphatic carboxylic acids is 1. The third kappa shape index (κ3) is 4.23. The number of unbranched alkanes of at least 4 members (excludes halogenated alkanes) is 2. The molecule has 0 aliphatic heterocycles. The molecular formula is C21H25NO4. The number of hydrogen-bond donors (Lipinski definition) is 3. The normalized spacial score (nSPS) is 11.6. The zero-order valence-corrected chi connectivity index (χ0v) is 15.4. The van der Waals surface area contributed by atoms with Gasteiger partial charge in [-0.25, -0.2) is 0 Å². The van der Waals surface area contributed by atoms with Gasteiger partial charge in [0.15, 0.2) is 0 Å². The van der Waals surface area contributed by atoms with E-state index in [1.165, 1.54) is 0 Å². The monoisotopic (exact) mass is 355 g/mol. The van der Waals surface area contributed by atoms with Gasteiger partial charge >= 0.3 is 5.97 Å². The molecule has 0 spiro atoms. The molecule has 1 aromatic heterocycles. The lowest BCUT2D eigenvalue weighted by Crippen LogP contribution is -1.98. The van der Waals surface area contributed by atoms with Gasteiger partial charge < -0.3 is 15.3 Å². The number of benzene rings is 1. The summed E-state index contributed by atoms with van der Waals surface area (Å²) in [5, 5.41) is 29.9. The second-order valence-corrected chi connectivity index (χ2v) is 6.45. The van der Waals surface area contributed by atoms with Crippen molar-refractivity contribution in [3.8, 4) is 11.5 Å². The Labute approximate surface area is 153 Å². The minimum Gasteiger partial charge on any atom is -0.507 e. The van der Waals surface area contributed by atoms with Crippen LogP contribution in [0.5, 0.6) is 11.5 Å². The fraction of sp³-hybridized carbons (Fsp3) is 0.333. The maximum Gasteiger partial charge on any atom is 0.303 e. The zero-order chi connectivity index (χ0) is 19.3. The molecule has 26 heavy (non-hydrogen) atoms. The van der Waals surface area contributed by atoms with Crippen LogP contribution in [-0.2, 0) is 4.79 Å². The lowest BCUT2D eigenvalue weighted by Gasteiger charge is -2.18. The van der Waals surface area contributed by atoms with Gasteiger partial charge in [-0.15, -0.1) is 0 Å². The van der Waals surface area contributed by atoms with Crippen LogP contribution in [0.3, 0.4) is 0 Å². The Morgan fingerprint density at radius 2 is 1.77 bits per heavy atom. The average molecular weight is 355 g/mol. The van der Waals surface area contributed by atoms with Crippen LogP contribution in [0.2, 0.25) is 0 Å². The number of hydrogen-bond acceptors (Lipinski definition) is 4. The number of phenolic OH excluding ortho intramolecular Hbond substituents is 2. The van der Waals surface area contributed by atoms with E-state index in [0.717, 1.165) is 17.6 Å². The smallest absolute Gasteiger partial charge is 0.303 e. The predicted octanol–water partition coefficient (Wildman–Crippen LogP) is 4.49. The van der Waals surface area contributed by atoms with Crippen LogP contribution < -0.4 is 0 Å². The van der Waals surface area contributed by atoms with E-state index in [-0.39, 0.29) is 17.9 Å². The van der Waals surface area contributed by atoms with E-state index in [4.69, 9.17) is 5.11 Å². The van der Waals surface area contributed by atoms with Crippen molar-refractivity contribution >= 4 is 11.5 Å². The molecule has 0 atom stereocenters. The number of pyridine rings is 1. The third-order valence-electron chi connectivity index (χ3n) is 4.68. The first-order valence-corrected chi connectivity index (χ1v) is 8.69. The molecule has 5 nitrogen and oxygen atoms in total. The predicted molar refractivity (Wildman–Crippen MR) is 101 cm³/mol. The Morgan fingerprint density at radius 1 is 1.08 bits per heavy atom. The number of phenols is 2. The van der Waals surface area contributed by atoms with Gasteiger partial charge in [-0.05, 0) is 62.8 Å². The van der Waals surface area contributed by atoms with Gasteiger partial charge in [-0.2, -0.15) is 0 Å². The molecule has 1 heterocycles. The van der Waals surface area contributed by atoms with Crippen LogP contribution in [0, 0.1) is 20.8 Å². The first-order valence-electron chi connectivity index (χ1n) is 8.69. The SMILES string of the molecule is Cc1c(C)c(O)c(/C(=C/CCCCC(=O)O)c2cccnc2)c(C)c1O. The summed E-state index contributed by atoms with van der Waals surface area (Å²) in [5.41, 5.74) is 4.15. The van der Waals surface area contributed by atoms with E-state index in [1.54, 1.807) is 33.2 Å². The highest BCUT2D eigenvalue weighted by Crippen LogP contribution is 2.42. The van der Waals surface area contributed by atoms with Crippen LogP contribution in [0.4, 0.5) is 0 Å². The van der Waals surface area contributed by atoms with Gasteiger partial charge in [-0.1, -0.05) is 12.1 Å². The van der Waals surface area contributed by atoms with E-state index in [1.807, 2.05) is 18.2 Å². The van der Waals surface area contributed by atoms with Gasteiger partial charge in [0.1, 0.15) is 11.5 Å². The minimum absolute atomic E-state index is 0.144. The first kappa shape index (κ1) is 19.5. The van der Waals surface area contributed by atoms with Crippen molar-refractivity contribution < 1.29 is 20.1 Å². The quantitative estimate of drug-likeness (QED) is 0.503. The molecule has 0 fully saturated rings. The lowest BCUT2D eigenvalue weighted by atomic mass is 9.89. The van der Waals surface area contributed by atoms with Crippen molar-refractivity contribution in [2.75, 3.05) is 0 Å². The molecule has 2 rings (SSSR count). The molecule has 0 radical (unpaired) electrons. The maximum absolute atomic E-state index is 10.7. The number of carboxylic acids is 1. The molecule has 2 aromatic rings. The highest BCUT2D eigenvalue weighted by atomic mass is 16.4. The topological polar surface area (TPSA) is 90.7 Å². The Morgan fingerprint density at radius 3 is 2.38 bits per heavy atom. The number of carbonyl (C=O) groups is 1. The van der Waals surface area contributed by atoms with Gasteiger partial charge in [0, 0.05) is 35.5 Å².